The Kier molecular flexibility index (Phi) is 4.69. The minimum atomic E-state index is -0.691. The van der Waals surface area contributed by atoms with Crippen LogP contribution < -0.4 is 9.47 Å². The number of benzene rings is 2. The molecule has 1 aromatic heterocycles. The lowest BCUT2D eigenvalue weighted by Gasteiger charge is -2.14. The van der Waals surface area contributed by atoms with E-state index in [0.29, 0.717) is 12.5 Å². The molecule has 0 bridgehead atoms. The summed E-state index contributed by atoms with van der Waals surface area (Å²) in [5, 5.41) is 9.26. The standard InChI is InChI=1S/C26H25NO4/c1-14-7-19(30-3)8-15(2)23(14)17-6-4-5-16(9-17)13-31-22-11-18-10-20-24(21(18)12-27-22)25(20)26(28)29/h4-9,11-12,20,24-25H,10,13H2,1-3H3,(H,28,29)/t20-,24?,25+/m1/s1. The molecule has 0 amide bonds. The molecule has 0 aliphatic heterocycles. The van der Waals surface area contributed by atoms with Gasteiger partial charge in [0, 0.05) is 18.2 Å². The fourth-order valence-electron chi connectivity index (χ4n) is 5.16. The summed E-state index contributed by atoms with van der Waals surface area (Å²) in [5.74, 6) is 0.915. The number of ether oxygens (including phenoxy) is 2. The van der Waals surface area contributed by atoms with Crippen LogP contribution in [0.15, 0.2) is 48.7 Å². The zero-order chi connectivity index (χ0) is 21.7. The van der Waals surface area contributed by atoms with Gasteiger partial charge in [0.1, 0.15) is 12.4 Å². The summed E-state index contributed by atoms with van der Waals surface area (Å²) in [7, 11) is 1.69. The van der Waals surface area contributed by atoms with Crippen molar-refractivity contribution in [3.63, 3.8) is 0 Å². The Labute approximate surface area is 181 Å². The Hall–Kier alpha value is -3.34. The highest BCUT2D eigenvalue weighted by Crippen LogP contribution is 2.61. The number of hydrogen-bond donors (Lipinski definition) is 1. The number of pyridine rings is 1. The number of carboxylic acid groups (broad SMARTS) is 1. The van der Waals surface area contributed by atoms with Crippen molar-refractivity contribution in [2.75, 3.05) is 7.11 Å². The van der Waals surface area contributed by atoms with E-state index >= 15 is 0 Å². The van der Waals surface area contributed by atoms with Crippen LogP contribution in [0.5, 0.6) is 11.6 Å². The van der Waals surface area contributed by atoms with Crippen molar-refractivity contribution in [2.24, 2.45) is 11.8 Å². The molecule has 31 heavy (non-hydrogen) atoms. The number of rotatable bonds is 6. The molecule has 1 saturated carbocycles. The Balaban J connectivity index is 1.31. The molecule has 0 saturated heterocycles. The Bertz CT molecular complexity index is 1160. The van der Waals surface area contributed by atoms with E-state index in [9.17, 15) is 9.90 Å². The van der Waals surface area contributed by atoms with Crippen molar-refractivity contribution in [1.29, 1.82) is 0 Å². The van der Waals surface area contributed by atoms with Gasteiger partial charge in [-0.15, -0.1) is 0 Å². The number of nitrogens with zero attached hydrogens (tertiary/aromatic N) is 1. The maximum atomic E-state index is 11.3. The van der Waals surface area contributed by atoms with Gasteiger partial charge in [0.05, 0.1) is 13.0 Å². The number of methoxy groups -OCH3 is 1. The van der Waals surface area contributed by atoms with Crippen LogP contribution in [0.25, 0.3) is 11.1 Å². The lowest BCUT2D eigenvalue weighted by Crippen LogP contribution is -2.06. The SMILES string of the molecule is COc1cc(C)c(-c2cccc(COc3cc4c(cn3)C3[C@@H](C4)[C@@H]3C(=O)O)c2)c(C)c1. The van der Waals surface area contributed by atoms with Gasteiger partial charge in [-0.2, -0.15) is 0 Å². The van der Waals surface area contributed by atoms with Crippen molar-refractivity contribution < 1.29 is 19.4 Å². The fourth-order valence-corrected chi connectivity index (χ4v) is 5.16. The fraction of sp³-hybridized carbons (Fsp3) is 0.308. The summed E-state index contributed by atoms with van der Waals surface area (Å²) in [5.41, 5.74) is 8.05. The molecule has 5 nitrogen and oxygen atoms in total. The number of aromatic nitrogens is 1. The van der Waals surface area contributed by atoms with Crippen LogP contribution in [-0.2, 0) is 17.8 Å². The van der Waals surface area contributed by atoms with Crippen LogP contribution >= 0.6 is 0 Å². The smallest absolute Gasteiger partial charge is 0.307 e. The average molecular weight is 415 g/mol. The molecule has 2 aliphatic rings. The van der Waals surface area contributed by atoms with Crippen LogP contribution in [0.4, 0.5) is 0 Å². The molecule has 1 fully saturated rings. The summed E-state index contributed by atoms with van der Waals surface area (Å²) < 4.78 is 11.4. The molecular weight excluding hydrogens is 390 g/mol. The van der Waals surface area contributed by atoms with E-state index in [4.69, 9.17) is 9.47 Å². The topological polar surface area (TPSA) is 68.7 Å². The minimum absolute atomic E-state index is 0.140. The summed E-state index contributed by atoms with van der Waals surface area (Å²) in [6.45, 7) is 4.63. The van der Waals surface area contributed by atoms with Crippen molar-refractivity contribution >= 4 is 5.97 Å². The lowest BCUT2D eigenvalue weighted by atomic mass is 9.94. The number of aryl methyl sites for hydroxylation is 2. The van der Waals surface area contributed by atoms with Crippen molar-refractivity contribution in [2.45, 2.75) is 32.8 Å². The first-order valence-electron chi connectivity index (χ1n) is 10.5. The number of carbonyl (C=O) groups is 1. The molecule has 5 heteroatoms. The molecule has 0 spiro atoms. The predicted molar refractivity (Wildman–Crippen MR) is 118 cm³/mol. The molecule has 2 aliphatic carbocycles. The van der Waals surface area contributed by atoms with Gasteiger partial charge in [0.25, 0.3) is 0 Å². The number of hydrogen-bond acceptors (Lipinski definition) is 4. The molecule has 1 unspecified atom stereocenters. The molecule has 3 aromatic rings. The largest absolute Gasteiger partial charge is 0.497 e. The zero-order valence-corrected chi connectivity index (χ0v) is 17.9. The first-order chi connectivity index (χ1) is 15.0. The third-order valence-electron chi connectivity index (χ3n) is 6.61. The highest BCUT2D eigenvalue weighted by Gasteiger charge is 2.59. The monoisotopic (exact) mass is 415 g/mol. The van der Waals surface area contributed by atoms with Gasteiger partial charge in [-0.05, 0) is 83.3 Å². The maximum absolute atomic E-state index is 11.3. The first kappa shape index (κ1) is 19.6. The summed E-state index contributed by atoms with van der Waals surface area (Å²) >= 11 is 0. The van der Waals surface area contributed by atoms with E-state index in [1.54, 1.807) is 13.3 Å². The zero-order valence-electron chi connectivity index (χ0n) is 17.9. The average Bonchev–Trinajstić information content (AvgIpc) is 3.34. The number of fused-ring (bicyclic) bond motifs is 3. The van der Waals surface area contributed by atoms with Gasteiger partial charge in [-0.25, -0.2) is 4.98 Å². The van der Waals surface area contributed by atoms with E-state index < -0.39 is 5.97 Å². The number of carboxylic acids is 1. The third kappa shape index (κ3) is 3.44. The Morgan fingerprint density at radius 2 is 1.94 bits per heavy atom. The molecule has 158 valence electrons. The molecule has 1 heterocycles. The third-order valence-corrected chi connectivity index (χ3v) is 6.61. The summed E-state index contributed by atoms with van der Waals surface area (Å²) in [4.78, 5) is 15.7. The van der Waals surface area contributed by atoms with Gasteiger partial charge < -0.3 is 14.6 Å². The van der Waals surface area contributed by atoms with Crippen LogP contribution in [-0.4, -0.2) is 23.2 Å². The van der Waals surface area contributed by atoms with E-state index in [2.05, 4.69) is 49.2 Å². The van der Waals surface area contributed by atoms with E-state index in [-0.39, 0.29) is 17.8 Å². The first-order valence-corrected chi connectivity index (χ1v) is 10.5. The van der Waals surface area contributed by atoms with Crippen LogP contribution in [0, 0.1) is 25.7 Å². The molecular formula is C26H25NO4. The van der Waals surface area contributed by atoms with Crippen molar-refractivity contribution in [3.8, 4) is 22.8 Å². The van der Waals surface area contributed by atoms with E-state index in [1.807, 2.05) is 12.1 Å². The van der Waals surface area contributed by atoms with Crippen LogP contribution in [0.2, 0.25) is 0 Å². The second-order valence-corrected chi connectivity index (χ2v) is 8.60. The summed E-state index contributed by atoms with van der Waals surface area (Å²) in [6, 6.07) is 14.5. The highest BCUT2D eigenvalue weighted by atomic mass is 16.5. The van der Waals surface area contributed by atoms with Crippen LogP contribution in [0.3, 0.4) is 0 Å². The molecule has 5 rings (SSSR count). The molecule has 0 radical (unpaired) electrons. The molecule has 1 N–H and O–H groups in total. The minimum Gasteiger partial charge on any atom is -0.497 e. The molecule has 2 aromatic carbocycles. The highest BCUT2D eigenvalue weighted by molar-refractivity contribution is 5.77. The van der Waals surface area contributed by atoms with Crippen molar-refractivity contribution in [3.05, 3.63) is 76.5 Å². The van der Waals surface area contributed by atoms with Gasteiger partial charge in [0.15, 0.2) is 0 Å². The number of aliphatic carboxylic acids is 1. The van der Waals surface area contributed by atoms with Gasteiger partial charge in [-0.1, -0.05) is 18.2 Å². The quantitative estimate of drug-likeness (QED) is 0.619. The maximum Gasteiger partial charge on any atom is 0.307 e. The Morgan fingerprint density at radius 1 is 1.16 bits per heavy atom. The second-order valence-electron chi connectivity index (χ2n) is 8.60. The Morgan fingerprint density at radius 3 is 2.65 bits per heavy atom. The lowest BCUT2D eigenvalue weighted by molar-refractivity contribution is -0.139. The summed E-state index contributed by atoms with van der Waals surface area (Å²) in [6.07, 6.45) is 2.61. The second kappa shape index (κ2) is 7.41. The van der Waals surface area contributed by atoms with E-state index in [1.165, 1.54) is 22.3 Å². The van der Waals surface area contributed by atoms with Gasteiger partial charge in [0.2, 0.25) is 5.88 Å². The molecule has 3 atom stereocenters. The van der Waals surface area contributed by atoms with Crippen molar-refractivity contribution in [1.82, 2.24) is 4.98 Å². The van der Waals surface area contributed by atoms with E-state index in [0.717, 1.165) is 28.9 Å². The normalized spacial score (nSPS) is 20.7. The van der Waals surface area contributed by atoms with Gasteiger partial charge >= 0.3 is 5.97 Å². The van der Waals surface area contributed by atoms with Crippen LogP contribution in [0.1, 0.15) is 33.7 Å². The predicted octanol–water partition coefficient (Wildman–Crippen LogP) is 4.92. The van der Waals surface area contributed by atoms with Gasteiger partial charge in [-0.3, -0.25) is 4.79 Å².